The SMILES string of the molecule is CC=CC1=C(CO)[C@H](O)[C@H]2O[C@H]2[C@@H]1O. The zero-order chi connectivity index (χ0) is 10.3. The molecule has 1 aliphatic carbocycles. The molecule has 4 atom stereocenters. The van der Waals surface area contributed by atoms with Gasteiger partial charge in [0.15, 0.2) is 0 Å². The Morgan fingerprint density at radius 2 is 1.93 bits per heavy atom. The fourth-order valence-electron chi connectivity index (χ4n) is 1.95. The van der Waals surface area contributed by atoms with Gasteiger partial charge in [0.2, 0.25) is 0 Å². The van der Waals surface area contributed by atoms with Crippen molar-refractivity contribution in [3.63, 3.8) is 0 Å². The van der Waals surface area contributed by atoms with Gasteiger partial charge in [-0.2, -0.15) is 0 Å². The van der Waals surface area contributed by atoms with Crippen molar-refractivity contribution in [2.75, 3.05) is 6.61 Å². The zero-order valence-electron chi connectivity index (χ0n) is 7.92. The number of hydrogen-bond acceptors (Lipinski definition) is 4. The molecular formula is C10H14O4. The second-order valence-electron chi connectivity index (χ2n) is 3.59. The Balaban J connectivity index is 2.36. The normalized spacial score (nSPS) is 41.7. The molecule has 4 nitrogen and oxygen atoms in total. The molecule has 1 saturated heterocycles. The summed E-state index contributed by atoms with van der Waals surface area (Å²) in [7, 11) is 0. The Bertz CT molecular complexity index is 294. The van der Waals surface area contributed by atoms with Crippen LogP contribution in [-0.2, 0) is 4.74 Å². The van der Waals surface area contributed by atoms with E-state index in [1.54, 1.807) is 12.2 Å². The molecule has 1 fully saturated rings. The second kappa shape index (κ2) is 3.47. The maximum atomic E-state index is 9.77. The lowest BCUT2D eigenvalue weighted by Crippen LogP contribution is -2.35. The van der Waals surface area contributed by atoms with E-state index < -0.39 is 12.2 Å². The maximum absolute atomic E-state index is 9.77. The van der Waals surface area contributed by atoms with Crippen LogP contribution in [0.5, 0.6) is 0 Å². The van der Waals surface area contributed by atoms with Crippen molar-refractivity contribution in [1.29, 1.82) is 0 Å². The standard InChI is InChI=1S/C10H14O4/c1-2-3-5-6(4-11)8(13)10-9(14-10)7(5)12/h2-3,7-13H,4H2,1H3/t7-,8+,9+,10-/m1/s1. The van der Waals surface area contributed by atoms with Crippen LogP contribution in [0.3, 0.4) is 0 Å². The van der Waals surface area contributed by atoms with E-state index in [0.717, 1.165) is 0 Å². The molecule has 0 aromatic carbocycles. The van der Waals surface area contributed by atoms with E-state index >= 15 is 0 Å². The van der Waals surface area contributed by atoms with Crippen LogP contribution in [0.25, 0.3) is 0 Å². The summed E-state index contributed by atoms with van der Waals surface area (Å²) < 4.78 is 5.12. The molecule has 2 rings (SSSR count). The molecule has 3 N–H and O–H groups in total. The predicted octanol–water partition coefficient (Wildman–Crippen LogP) is -0.646. The maximum Gasteiger partial charge on any atom is 0.117 e. The van der Waals surface area contributed by atoms with Crippen LogP contribution < -0.4 is 0 Å². The molecule has 0 bridgehead atoms. The summed E-state index contributed by atoms with van der Waals surface area (Å²) in [4.78, 5) is 0. The summed E-state index contributed by atoms with van der Waals surface area (Å²) in [5, 5.41) is 28.6. The number of ether oxygens (including phenoxy) is 1. The molecule has 0 amide bonds. The van der Waals surface area contributed by atoms with Crippen LogP contribution in [0.2, 0.25) is 0 Å². The Labute approximate surface area is 82.1 Å². The number of fused-ring (bicyclic) bond motifs is 1. The van der Waals surface area contributed by atoms with Crippen molar-refractivity contribution in [1.82, 2.24) is 0 Å². The first kappa shape index (κ1) is 9.86. The van der Waals surface area contributed by atoms with Crippen LogP contribution in [0, 0.1) is 0 Å². The van der Waals surface area contributed by atoms with Crippen molar-refractivity contribution >= 4 is 0 Å². The van der Waals surface area contributed by atoms with Crippen molar-refractivity contribution in [3.8, 4) is 0 Å². The van der Waals surface area contributed by atoms with Gasteiger partial charge < -0.3 is 20.1 Å². The Morgan fingerprint density at radius 1 is 1.29 bits per heavy atom. The largest absolute Gasteiger partial charge is 0.392 e. The minimum absolute atomic E-state index is 0.246. The van der Waals surface area contributed by atoms with Gasteiger partial charge in [-0.05, 0) is 18.1 Å². The number of allylic oxidation sites excluding steroid dienone is 1. The molecular weight excluding hydrogens is 184 g/mol. The third kappa shape index (κ3) is 1.31. The monoisotopic (exact) mass is 198 g/mol. The van der Waals surface area contributed by atoms with Gasteiger partial charge in [-0.25, -0.2) is 0 Å². The van der Waals surface area contributed by atoms with Crippen LogP contribution in [0.15, 0.2) is 23.3 Å². The van der Waals surface area contributed by atoms with Crippen LogP contribution in [-0.4, -0.2) is 46.3 Å². The topological polar surface area (TPSA) is 73.2 Å². The smallest absolute Gasteiger partial charge is 0.117 e. The molecule has 0 spiro atoms. The Kier molecular flexibility index (Phi) is 2.45. The molecule has 0 unspecified atom stereocenters. The van der Waals surface area contributed by atoms with Gasteiger partial charge in [-0.1, -0.05) is 12.2 Å². The fourth-order valence-corrected chi connectivity index (χ4v) is 1.95. The summed E-state index contributed by atoms with van der Waals surface area (Å²) in [6, 6.07) is 0. The lowest BCUT2D eigenvalue weighted by atomic mass is 9.87. The fraction of sp³-hybridized carbons (Fsp3) is 0.600. The first-order valence-corrected chi connectivity index (χ1v) is 4.68. The first-order valence-electron chi connectivity index (χ1n) is 4.68. The number of hydrogen-bond donors (Lipinski definition) is 3. The van der Waals surface area contributed by atoms with Crippen molar-refractivity contribution in [2.45, 2.75) is 31.3 Å². The van der Waals surface area contributed by atoms with Gasteiger partial charge in [-0.3, -0.25) is 0 Å². The average Bonchev–Trinajstić information content (AvgIpc) is 2.94. The van der Waals surface area contributed by atoms with E-state index in [1.807, 2.05) is 6.92 Å². The molecule has 2 aliphatic rings. The molecule has 0 aromatic rings. The summed E-state index contributed by atoms with van der Waals surface area (Å²) in [6.07, 6.45) is 1.34. The molecule has 1 aliphatic heterocycles. The highest BCUT2D eigenvalue weighted by molar-refractivity contribution is 5.39. The predicted molar refractivity (Wildman–Crippen MR) is 49.6 cm³/mol. The van der Waals surface area contributed by atoms with Crippen molar-refractivity contribution < 1.29 is 20.1 Å². The zero-order valence-corrected chi connectivity index (χ0v) is 7.92. The van der Waals surface area contributed by atoms with Gasteiger partial charge >= 0.3 is 0 Å². The van der Waals surface area contributed by atoms with E-state index in [4.69, 9.17) is 9.84 Å². The van der Waals surface area contributed by atoms with Gasteiger partial charge in [-0.15, -0.1) is 0 Å². The molecule has 1 heterocycles. The highest BCUT2D eigenvalue weighted by atomic mass is 16.6. The number of aliphatic hydroxyl groups is 3. The summed E-state index contributed by atoms with van der Waals surface area (Å²) in [5.41, 5.74) is 1.05. The highest BCUT2D eigenvalue weighted by Gasteiger charge is 2.54. The van der Waals surface area contributed by atoms with E-state index in [0.29, 0.717) is 11.1 Å². The molecule has 0 aromatic heterocycles. The van der Waals surface area contributed by atoms with Crippen LogP contribution in [0.1, 0.15) is 6.92 Å². The van der Waals surface area contributed by atoms with E-state index in [-0.39, 0.29) is 18.8 Å². The van der Waals surface area contributed by atoms with Crippen molar-refractivity contribution in [2.24, 2.45) is 0 Å². The van der Waals surface area contributed by atoms with E-state index in [9.17, 15) is 10.2 Å². The van der Waals surface area contributed by atoms with Gasteiger partial charge in [0, 0.05) is 0 Å². The molecule has 78 valence electrons. The van der Waals surface area contributed by atoms with E-state index in [1.165, 1.54) is 0 Å². The number of aliphatic hydroxyl groups excluding tert-OH is 3. The number of rotatable bonds is 2. The Morgan fingerprint density at radius 3 is 2.50 bits per heavy atom. The third-order valence-electron chi connectivity index (χ3n) is 2.75. The van der Waals surface area contributed by atoms with Crippen molar-refractivity contribution in [3.05, 3.63) is 23.3 Å². The van der Waals surface area contributed by atoms with Crippen LogP contribution in [0.4, 0.5) is 0 Å². The first-order chi connectivity index (χ1) is 6.70. The van der Waals surface area contributed by atoms with Gasteiger partial charge in [0.1, 0.15) is 24.4 Å². The summed E-state index contributed by atoms with van der Waals surface area (Å²) in [5.74, 6) is 0. The quantitative estimate of drug-likeness (QED) is 0.516. The lowest BCUT2D eigenvalue weighted by Gasteiger charge is -2.23. The highest BCUT2D eigenvalue weighted by Crippen LogP contribution is 2.40. The minimum Gasteiger partial charge on any atom is -0.392 e. The summed E-state index contributed by atoms with van der Waals surface area (Å²) >= 11 is 0. The molecule has 4 heteroatoms. The lowest BCUT2D eigenvalue weighted by molar-refractivity contribution is 0.141. The number of epoxide rings is 1. The Hall–Kier alpha value is -0.680. The van der Waals surface area contributed by atoms with Gasteiger partial charge in [0.05, 0.1) is 6.61 Å². The molecule has 0 saturated carbocycles. The van der Waals surface area contributed by atoms with Gasteiger partial charge in [0.25, 0.3) is 0 Å². The van der Waals surface area contributed by atoms with E-state index in [2.05, 4.69) is 0 Å². The molecule has 14 heavy (non-hydrogen) atoms. The molecule has 0 radical (unpaired) electrons. The average molecular weight is 198 g/mol. The summed E-state index contributed by atoms with van der Waals surface area (Å²) in [6.45, 7) is 1.57. The second-order valence-corrected chi connectivity index (χ2v) is 3.59. The minimum atomic E-state index is -0.778. The third-order valence-corrected chi connectivity index (χ3v) is 2.75. The van der Waals surface area contributed by atoms with Crippen LogP contribution >= 0.6 is 0 Å².